The van der Waals surface area contributed by atoms with Gasteiger partial charge in [0.1, 0.15) is 12.4 Å². The van der Waals surface area contributed by atoms with Crippen molar-refractivity contribution in [2.75, 3.05) is 25.6 Å². The molecule has 1 rings (SSSR count). The lowest BCUT2D eigenvalue weighted by molar-refractivity contribution is 0.109. The maximum Gasteiger partial charge on any atom is 0.125 e. The predicted octanol–water partition coefficient (Wildman–Crippen LogP) is 2.67. The average molecular weight is 255 g/mol. The lowest BCUT2D eigenvalue weighted by Crippen LogP contribution is -2.09. The first kappa shape index (κ1) is 14.4. The quantitative estimate of drug-likeness (QED) is 0.573. The molecule has 4 heteroatoms. The van der Waals surface area contributed by atoms with Crippen LogP contribution < -0.4 is 10.5 Å². The molecule has 0 atom stereocenters. The van der Waals surface area contributed by atoms with Gasteiger partial charge >= 0.3 is 0 Å². The van der Waals surface area contributed by atoms with Crippen molar-refractivity contribution in [3.05, 3.63) is 23.8 Å². The van der Waals surface area contributed by atoms with Crippen LogP contribution in [0.2, 0.25) is 0 Å². The van der Waals surface area contributed by atoms with Gasteiger partial charge in [-0.15, -0.1) is 11.8 Å². The molecule has 0 amide bonds. The maximum absolute atomic E-state index is 5.79. The minimum absolute atomic E-state index is 0.507. The molecule has 1 aromatic carbocycles. The third-order valence-electron chi connectivity index (χ3n) is 2.28. The van der Waals surface area contributed by atoms with Crippen LogP contribution in [-0.4, -0.2) is 25.6 Å². The Morgan fingerprint density at radius 1 is 1.24 bits per heavy atom. The van der Waals surface area contributed by atoms with Gasteiger partial charge in [-0.2, -0.15) is 0 Å². The van der Waals surface area contributed by atoms with E-state index in [0.717, 1.165) is 23.7 Å². The van der Waals surface area contributed by atoms with E-state index in [1.54, 1.807) is 11.8 Å². The average Bonchev–Trinajstić information content (AvgIpc) is 2.35. The van der Waals surface area contributed by atoms with Crippen LogP contribution in [0.1, 0.15) is 19.4 Å². The molecule has 1 aromatic rings. The predicted molar refractivity (Wildman–Crippen MR) is 72.7 cm³/mol. The first-order valence-electron chi connectivity index (χ1n) is 5.98. The highest BCUT2D eigenvalue weighted by Crippen LogP contribution is 2.29. The Hall–Kier alpha value is -0.710. The highest BCUT2D eigenvalue weighted by atomic mass is 32.2. The van der Waals surface area contributed by atoms with E-state index in [1.165, 1.54) is 4.90 Å². The molecular weight excluding hydrogens is 234 g/mol. The summed E-state index contributed by atoms with van der Waals surface area (Å²) in [7, 11) is 0. The zero-order valence-corrected chi connectivity index (χ0v) is 11.4. The Labute approximate surface area is 108 Å². The van der Waals surface area contributed by atoms with Gasteiger partial charge in [0.15, 0.2) is 0 Å². The third kappa shape index (κ3) is 4.58. The Bertz CT molecular complexity index is 331. The van der Waals surface area contributed by atoms with Gasteiger partial charge in [0.2, 0.25) is 0 Å². The molecule has 0 aliphatic rings. The van der Waals surface area contributed by atoms with E-state index in [0.29, 0.717) is 19.8 Å². The van der Waals surface area contributed by atoms with Crippen LogP contribution in [0.15, 0.2) is 23.1 Å². The van der Waals surface area contributed by atoms with Crippen LogP contribution in [0.3, 0.4) is 0 Å². The van der Waals surface area contributed by atoms with Crippen molar-refractivity contribution in [1.82, 2.24) is 0 Å². The second-order valence-electron chi connectivity index (χ2n) is 3.42. The summed E-state index contributed by atoms with van der Waals surface area (Å²) in [4.78, 5) is 1.21. The van der Waals surface area contributed by atoms with Gasteiger partial charge in [-0.05, 0) is 24.8 Å². The van der Waals surface area contributed by atoms with Crippen LogP contribution in [-0.2, 0) is 11.3 Å². The zero-order chi connectivity index (χ0) is 12.5. The molecular formula is C13H21NO2S. The van der Waals surface area contributed by atoms with Gasteiger partial charge < -0.3 is 15.2 Å². The van der Waals surface area contributed by atoms with Crippen LogP contribution in [0, 0.1) is 0 Å². The number of rotatable bonds is 8. The Morgan fingerprint density at radius 3 is 2.71 bits per heavy atom. The largest absolute Gasteiger partial charge is 0.491 e. The van der Waals surface area contributed by atoms with Gasteiger partial charge in [0.25, 0.3) is 0 Å². The summed E-state index contributed by atoms with van der Waals surface area (Å²) < 4.78 is 10.9. The van der Waals surface area contributed by atoms with Crippen molar-refractivity contribution < 1.29 is 9.47 Å². The molecule has 96 valence electrons. The Balaban J connectivity index is 2.66. The van der Waals surface area contributed by atoms with Crippen LogP contribution in [0.5, 0.6) is 5.75 Å². The van der Waals surface area contributed by atoms with E-state index in [9.17, 15) is 0 Å². The number of nitrogens with two attached hydrogens (primary N) is 1. The van der Waals surface area contributed by atoms with E-state index in [-0.39, 0.29) is 0 Å². The van der Waals surface area contributed by atoms with Crippen molar-refractivity contribution in [1.29, 1.82) is 0 Å². The van der Waals surface area contributed by atoms with E-state index in [2.05, 4.69) is 13.0 Å². The minimum atomic E-state index is 0.507. The summed E-state index contributed by atoms with van der Waals surface area (Å²) in [6.45, 7) is 6.52. The van der Waals surface area contributed by atoms with E-state index >= 15 is 0 Å². The molecule has 0 heterocycles. The summed E-state index contributed by atoms with van der Waals surface area (Å²) in [5.41, 5.74) is 6.88. The van der Waals surface area contributed by atoms with E-state index in [1.807, 2.05) is 19.1 Å². The molecule has 0 aliphatic heterocycles. The first-order chi connectivity index (χ1) is 8.33. The Kier molecular flexibility index (Phi) is 7.08. The Morgan fingerprint density at radius 2 is 2.06 bits per heavy atom. The smallest absolute Gasteiger partial charge is 0.125 e. The number of benzene rings is 1. The van der Waals surface area contributed by atoms with Crippen molar-refractivity contribution in [3.63, 3.8) is 0 Å². The van der Waals surface area contributed by atoms with Crippen LogP contribution in [0.25, 0.3) is 0 Å². The van der Waals surface area contributed by atoms with Gasteiger partial charge in [-0.3, -0.25) is 0 Å². The molecule has 0 saturated heterocycles. The molecule has 0 bridgehead atoms. The normalized spacial score (nSPS) is 10.5. The standard InChI is InChI=1S/C13H21NO2S/c1-3-15-8-9-16-12-6-5-7-13(17-4-2)11(12)10-14/h5-7H,3-4,8-10,14H2,1-2H3. The van der Waals surface area contributed by atoms with Gasteiger partial charge in [0.05, 0.1) is 6.61 Å². The molecule has 0 aliphatic carbocycles. The summed E-state index contributed by atoms with van der Waals surface area (Å²) in [5, 5.41) is 0. The summed E-state index contributed by atoms with van der Waals surface area (Å²) in [5.74, 6) is 1.92. The molecule has 0 fully saturated rings. The fourth-order valence-corrected chi connectivity index (χ4v) is 2.37. The minimum Gasteiger partial charge on any atom is -0.491 e. The lowest BCUT2D eigenvalue weighted by Gasteiger charge is -2.13. The van der Waals surface area contributed by atoms with Crippen molar-refractivity contribution in [3.8, 4) is 5.75 Å². The molecule has 0 radical (unpaired) electrons. The second kappa shape index (κ2) is 8.39. The monoisotopic (exact) mass is 255 g/mol. The summed E-state index contributed by atoms with van der Waals surface area (Å²) >= 11 is 1.79. The number of ether oxygens (including phenoxy) is 2. The molecule has 17 heavy (non-hydrogen) atoms. The third-order valence-corrected chi connectivity index (χ3v) is 3.27. The highest BCUT2D eigenvalue weighted by Gasteiger charge is 2.07. The molecule has 0 saturated carbocycles. The van der Waals surface area contributed by atoms with Gasteiger partial charge in [-0.1, -0.05) is 13.0 Å². The van der Waals surface area contributed by atoms with Crippen molar-refractivity contribution in [2.45, 2.75) is 25.3 Å². The zero-order valence-electron chi connectivity index (χ0n) is 10.6. The highest BCUT2D eigenvalue weighted by molar-refractivity contribution is 7.99. The van der Waals surface area contributed by atoms with E-state index in [4.69, 9.17) is 15.2 Å². The van der Waals surface area contributed by atoms with E-state index < -0.39 is 0 Å². The van der Waals surface area contributed by atoms with Crippen molar-refractivity contribution in [2.24, 2.45) is 5.73 Å². The van der Waals surface area contributed by atoms with Gasteiger partial charge in [0, 0.05) is 23.6 Å². The summed E-state index contributed by atoms with van der Waals surface area (Å²) in [6, 6.07) is 6.06. The topological polar surface area (TPSA) is 44.5 Å². The fraction of sp³-hybridized carbons (Fsp3) is 0.538. The second-order valence-corrected chi connectivity index (χ2v) is 4.72. The molecule has 3 nitrogen and oxygen atoms in total. The van der Waals surface area contributed by atoms with Gasteiger partial charge in [-0.25, -0.2) is 0 Å². The maximum atomic E-state index is 5.79. The first-order valence-corrected chi connectivity index (χ1v) is 6.97. The number of thioether (sulfide) groups is 1. The lowest BCUT2D eigenvalue weighted by atomic mass is 10.2. The summed E-state index contributed by atoms with van der Waals surface area (Å²) in [6.07, 6.45) is 0. The molecule has 0 spiro atoms. The van der Waals surface area contributed by atoms with Crippen LogP contribution in [0.4, 0.5) is 0 Å². The molecule has 2 N–H and O–H groups in total. The van der Waals surface area contributed by atoms with Crippen LogP contribution >= 0.6 is 11.8 Å². The molecule has 0 unspecified atom stereocenters. The fourth-order valence-electron chi connectivity index (χ4n) is 1.53. The number of hydrogen-bond donors (Lipinski definition) is 1. The SMILES string of the molecule is CCOCCOc1cccc(SCC)c1CN. The van der Waals surface area contributed by atoms with Crippen molar-refractivity contribution >= 4 is 11.8 Å². The number of hydrogen-bond acceptors (Lipinski definition) is 4. The molecule has 0 aromatic heterocycles.